The Morgan fingerprint density at radius 3 is 2.33 bits per heavy atom. The van der Waals surface area contributed by atoms with Crippen LogP contribution in [0.2, 0.25) is 0 Å². The van der Waals surface area contributed by atoms with E-state index >= 15 is 0 Å². The molecule has 0 saturated heterocycles. The van der Waals surface area contributed by atoms with Crippen molar-refractivity contribution in [1.29, 1.82) is 0 Å². The maximum Gasteiger partial charge on any atom is 0.00647 e. The van der Waals surface area contributed by atoms with Gasteiger partial charge in [0.05, 0.1) is 0 Å². The minimum atomic E-state index is 0.487. The Morgan fingerprint density at radius 1 is 1.22 bits per heavy atom. The minimum absolute atomic E-state index is 0.487. The van der Waals surface area contributed by atoms with Crippen LogP contribution in [0.25, 0.3) is 0 Å². The van der Waals surface area contributed by atoms with Gasteiger partial charge in [-0.2, -0.15) is 0 Å². The van der Waals surface area contributed by atoms with E-state index in [1.54, 1.807) is 0 Å². The van der Waals surface area contributed by atoms with E-state index in [0.717, 1.165) is 11.8 Å². The van der Waals surface area contributed by atoms with Gasteiger partial charge in [0, 0.05) is 6.04 Å². The van der Waals surface area contributed by atoms with Crippen LogP contribution in [0.1, 0.15) is 33.1 Å². The molecule has 0 aliphatic heterocycles. The largest absolute Gasteiger partial charge is 0.327 e. The lowest BCUT2D eigenvalue weighted by Crippen LogP contribution is -2.33. The molecule has 2 N–H and O–H groups in total. The second kappa shape index (κ2) is 2.70. The van der Waals surface area contributed by atoms with Crippen LogP contribution in [0.3, 0.4) is 0 Å². The molecule has 0 aromatic heterocycles. The van der Waals surface area contributed by atoms with Crippen LogP contribution in [-0.2, 0) is 0 Å². The summed E-state index contributed by atoms with van der Waals surface area (Å²) in [5, 5.41) is 0. The first-order chi connectivity index (χ1) is 4.20. The van der Waals surface area contributed by atoms with Crippen LogP contribution in [0, 0.1) is 11.8 Å². The standard InChI is InChI=1S/C8H17N/c1-6-3-4-8(9)7(2)5-6/h6-8H,3-5,9H2,1-2H3/t6-,7+,8-/m1/s1. The van der Waals surface area contributed by atoms with Gasteiger partial charge in [0.15, 0.2) is 0 Å². The van der Waals surface area contributed by atoms with E-state index in [9.17, 15) is 0 Å². The predicted octanol–water partition coefficient (Wildman–Crippen LogP) is 1.77. The van der Waals surface area contributed by atoms with E-state index < -0.39 is 0 Å². The monoisotopic (exact) mass is 127 g/mol. The summed E-state index contributed by atoms with van der Waals surface area (Å²) >= 11 is 0. The SMILES string of the molecule is C[C@@H]1CC[C@@H](N)[C@@H](C)C1. The Balaban J connectivity index is 2.35. The van der Waals surface area contributed by atoms with E-state index in [0.29, 0.717) is 6.04 Å². The first kappa shape index (κ1) is 7.07. The van der Waals surface area contributed by atoms with Gasteiger partial charge in [-0.05, 0) is 31.1 Å². The summed E-state index contributed by atoms with van der Waals surface area (Å²) in [4.78, 5) is 0. The maximum absolute atomic E-state index is 5.84. The van der Waals surface area contributed by atoms with E-state index in [-0.39, 0.29) is 0 Å². The quantitative estimate of drug-likeness (QED) is 0.527. The molecule has 1 aliphatic rings. The molecule has 54 valence electrons. The minimum Gasteiger partial charge on any atom is -0.327 e. The van der Waals surface area contributed by atoms with Crippen LogP contribution in [0.15, 0.2) is 0 Å². The first-order valence-corrected chi connectivity index (χ1v) is 3.95. The van der Waals surface area contributed by atoms with Crippen LogP contribution in [0.5, 0.6) is 0 Å². The molecule has 0 radical (unpaired) electrons. The third-order valence-corrected chi connectivity index (χ3v) is 2.50. The lowest BCUT2D eigenvalue weighted by Gasteiger charge is -2.29. The lowest BCUT2D eigenvalue weighted by molar-refractivity contribution is 0.263. The summed E-state index contributed by atoms with van der Waals surface area (Å²) in [6, 6.07) is 0.487. The summed E-state index contributed by atoms with van der Waals surface area (Å²) in [6.07, 6.45) is 3.91. The Morgan fingerprint density at radius 2 is 1.89 bits per heavy atom. The molecule has 1 fully saturated rings. The molecule has 0 amide bonds. The summed E-state index contributed by atoms with van der Waals surface area (Å²) < 4.78 is 0. The molecule has 1 aliphatic carbocycles. The third-order valence-electron chi connectivity index (χ3n) is 2.50. The fourth-order valence-corrected chi connectivity index (χ4v) is 1.69. The molecular formula is C8H17N. The van der Waals surface area contributed by atoms with Crippen molar-refractivity contribution in [3.63, 3.8) is 0 Å². The third kappa shape index (κ3) is 1.68. The number of nitrogens with two attached hydrogens (primary N) is 1. The van der Waals surface area contributed by atoms with Crippen molar-refractivity contribution in [2.75, 3.05) is 0 Å². The number of hydrogen-bond acceptors (Lipinski definition) is 1. The van der Waals surface area contributed by atoms with Gasteiger partial charge in [-0.25, -0.2) is 0 Å². The molecule has 0 heterocycles. The van der Waals surface area contributed by atoms with E-state index in [1.807, 2.05) is 0 Å². The molecular weight excluding hydrogens is 110 g/mol. The summed E-state index contributed by atoms with van der Waals surface area (Å²) in [6.45, 7) is 4.59. The fraction of sp³-hybridized carbons (Fsp3) is 1.00. The predicted molar refractivity (Wildman–Crippen MR) is 40.2 cm³/mol. The van der Waals surface area contributed by atoms with Crippen molar-refractivity contribution in [3.05, 3.63) is 0 Å². The number of hydrogen-bond donors (Lipinski definition) is 1. The smallest absolute Gasteiger partial charge is 0.00647 e. The average molecular weight is 127 g/mol. The zero-order chi connectivity index (χ0) is 6.85. The molecule has 0 bridgehead atoms. The van der Waals surface area contributed by atoms with Gasteiger partial charge in [0.1, 0.15) is 0 Å². The van der Waals surface area contributed by atoms with Crippen LogP contribution < -0.4 is 5.73 Å². The van der Waals surface area contributed by atoms with Crippen LogP contribution >= 0.6 is 0 Å². The van der Waals surface area contributed by atoms with Gasteiger partial charge >= 0.3 is 0 Å². The highest BCUT2D eigenvalue weighted by atomic mass is 14.7. The molecule has 1 rings (SSSR count). The summed E-state index contributed by atoms with van der Waals surface area (Å²) in [5.74, 6) is 1.67. The zero-order valence-corrected chi connectivity index (χ0v) is 6.43. The van der Waals surface area contributed by atoms with Crippen LogP contribution in [-0.4, -0.2) is 6.04 Å². The summed E-state index contributed by atoms with van der Waals surface area (Å²) in [5.41, 5.74) is 5.84. The van der Waals surface area contributed by atoms with Crippen molar-refractivity contribution >= 4 is 0 Å². The molecule has 0 aromatic carbocycles. The van der Waals surface area contributed by atoms with Crippen molar-refractivity contribution in [1.82, 2.24) is 0 Å². The molecule has 1 heteroatoms. The second-order valence-electron chi connectivity index (χ2n) is 3.56. The van der Waals surface area contributed by atoms with E-state index in [4.69, 9.17) is 5.73 Å². The van der Waals surface area contributed by atoms with E-state index in [2.05, 4.69) is 13.8 Å². The number of rotatable bonds is 0. The van der Waals surface area contributed by atoms with Gasteiger partial charge in [-0.15, -0.1) is 0 Å². The normalized spacial score (nSPS) is 45.0. The van der Waals surface area contributed by atoms with Gasteiger partial charge < -0.3 is 5.73 Å². The Kier molecular flexibility index (Phi) is 2.12. The maximum atomic E-state index is 5.84. The van der Waals surface area contributed by atoms with Gasteiger partial charge in [-0.3, -0.25) is 0 Å². The molecule has 1 nitrogen and oxygen atoms in total. The van der Waals surface area contributed by atoms with Gasteiger partial charge in [0.2, 0.25) is 0 Å². The van der Waals surface area contributed by atoms with Crippen molar-refractivity contribution in [2.45, 2.75) is 39.2 Å². The molecule has 0 unspecified atom stereocenters. The zero-order valence-electron chi connectivity index (χ0n) is 6.43. The molecule has 0 aromatic rings. The fourth-order valence-electron chi connectivity index (χ4n) is 1.69. The Hall–Kier alpha value is -0.0400. The topological polar surface area (TPSA) is 26.0 Å². The first-order valence-electron chi connectivity index (χ1n) is 3.95. The van der Waals surface area contributed by atoms with E-state index in [1.165, 1.54) is 19.3 Å². The Bertz CT molecular complexity index is 90.6. The second-order valence-corrected chi connectivity index (χ2v) is 3.56. The van der Waals surface area contributed by atoms with Crippen molar-refractivity contribution in [3.8, 4) is 0 Å². The van der Waals surface area contributed by atoms with Crippen LogP contribution in [0.4, 0.5) is 0 Å². The van der Waals surface area contributed by atoms with Gasteiger partial charge in [-0.1, -0.05) is 13.8 Å². The molecule has 9 heavy (non-hydrogen) atoms. The lowest BCUT2D eigenvalue weighted by atomic mass is 9.80. The van der Waals surface area contributed by atoms with Gasteiger partial charge in [0.25, 0.3) is 0 Å². The van der Waals surface area contributed by atoms with Crippen molar-refractivity contribution < 1.29 is 0 Å². The van der Waals surface area contributed by atoms with Crippen molar-refractivity contribution in [2.24, 2.45) is 17.6 Å². The average Bonchev–Trinajstić information content (AvgIpc) is 1.80. The molecule has 3 atom stereocenters. The highest BCUT2D eigenvalue weighted by Gasteiger charge is 2.21. The summed E-state index contributed by atoms with van der Waals surface area (Å²) in [7, 11) is 0. The highest BCUT2D eigenvalue weighted by molar-refractivity contribution is 4.77. The highest BCUT2D eigenvalue weighted by Crippen LogP contribution is 2.26. The molecule has 1 saturated carbocycles. The Labute approximate surface area is 57.6 Å². The molecule has 0 spiro atoms.